The maximum absolute atomic E-state index is 12.4. The van der Waals surface area contributed by atoms with Gasteiger partial charge in [0.05, 0.1) is 5.92 Å². The lowest BCUT2D eigenvalue weighted by Crippen LogP contribution is -2.43. The molecule has 2 heterocycles. The third-order valence-electron chi connectivity index (χ3n) is 3.90. The number of amides is 1. The quantitative estimate of drug-likeness (QED) is 0.759. The molecule has 3 heteroatoms. The molecule has 18 heavy (non-hydrogen) atoms. The molecular formula is C15H19NO2. The van der Waals surface area contributed by atoms with Crippen molar-refractivity contribution < 1.29 is 9.53 Å². The van der Waals surface area contributed by atoms with Crippen LogP contribution in [0.15, 0.2) is 24.3 Å². The first-order valence-electron chi connectivity index (χ1n) is 6.84. The Labute approximate surface area is 108 Å². The van der Waals surface area contributed by atoms with Crippen LogP contribution in [-0.2, 0) is 11.2 Å². The van der Waals surface area contributed by atoms with Gasteiger partial charge >= 0.3 is 0 Å². The molecule has 1 aromatic carbocycles. The zero-order valence-electron chi connectivity index (χ0n) is 10.6. The molecule has 0 bridgehead atoms. The lowest BCUT2D eigenvalue weighted by Gasteiger charge is -2.32. The minimum Gasteiger partial charge on any atom is -0.492 e. The van der Waals surface area contributed by atoms with E-state index >= 15 is 0 Å². The molecule has 3 nitrogen and oxygen atoms in total. The number of hydrogen-bond acceptors (Lipinski definition) is 2. The van der Waals surface area contributed by atoms with Crippen LogP contribution in [0.1, 0.15) is 24.8 Å². The van der Waals surface area contributed by atoms with Crippen LogP contribution in [0.4, 0.5) is 0 Å². The van der Waals surface area contributed by atoms with Gasteiger partial charge in [-0.1, -0.05) is 18.2 Å². The van der Waals surface area contributed by atoms with Crippen molar-refractivity contribution in [2.75, 3.05) is 19.7 Å². The van der Waals surface area contributed by atoms with E-state index < -0.39 is 0 Å². The maximum atomic E-state index is 12.4. The normalized spacial score (nSPS) is 23.1. The van der Waals surface area contributed by atoms with Crippen LogP contribution in [0.2, 0.25) is 0 Å². The summed E-state index contributed by atoms with van der Waals surface area (Å²) in [6, 6.07) is 8.03. The average Bonchev–Trinajstić information content (AvgIpc) is 2.47. The number of fused-ring (bicyclic) bond motifs is 1. The summed E-state index contributed by atoms with van der Waals surface area (Å²) in [6.07, 6.45) is 4.38. The van der Waals surface area contributed by atoms with E-state index in [-0.39, 0.29) is 11.8 Å². The molecule has 2 aliphatic heterocycles. The van der Waals surface area contributed by atoms with Crippen LogP contribution in [0.25, 0.3) is 0 Å². The number of nitrogens with zero attached hydrogens (tertiary/aromatic N) is 1. The van der Waals surface area contributed by atoms with Gasteiger partial charge in [0.15, 0.2) is 0 Å². The van der Waals surface area contributed by atoms with Crippen LogP contribution in [0.5, 0.6) is 5.75 Å². The van der Waals surface area contributed by atoms with E-state index in [0.29, 0.717) is 6.61 Å². The molecule has 2 aliphatic rings. The largest absolute Gasteiger partial charge is 0.492 e. The lowest BCUT2D eigenvalue weighted by atomic mass is 9.95. The summed E-state index contributed by atoms with van der Waals surface area (Å²) in [6.45, 7) is 2.39. The van der Waals surface area contributed by atoms with E-state index in [9.17, 15) is 4.79 Å². The van der Waals surface area contributed by atoms with Crippen LogP contribution >= 0.6 is 0 Å². The van der Waals surface area contributed by atoms with Crippen molar-refractivity contribution in [1.29, 1.82) is 0 Å². The summed E-state index contributed by atoms with van der Waals surface area (Å²) in [7, 11) is 0. The summed E-state index contributed by atoms with van der Waals surface area (Å²) >= 11 is 0. The van der Waals surface area contributed by atoms with E-state index in [1.54, 1.807) is 0 Å². The Morgan fingerprint density at radius 1 is 1.17 bits per heavy atom. The van der Waals surface area contributed by atoms with Gasteiger partial charge in [0.2, 0.25) is 5.91 Å². The van der Waals surface area contributed by atoms with Crippen molar-refractivity contribution in [1.82, 2.24) is 4.90 Å². The highest BCUT2D eigenvalue weighted by Crippen LogP contribution is 2.28. The van der Waals surface area contributed by atoms with Crippen LogP contribution in [0.3, 0.4) is 0 Å². The molecule has 0 spiro atoms. The Morgan fingerprint density at radius 2 is 1.94 bits per heavy atom. The van der Waals surface area contributed by atoms with Crippen LogP contribution in [0, 0.1) is 5.92 Å². The van der Waals surface area contributed by atoms with Crippen molar-refractivity contribution in [2.45, 2.75) is 25.7 Å². The van der Waals surface area contributed by atoms with Gasteiger partial charge in [-0.05, 0) is 37.3 Å². The Kier molecular flexibility index (Phi) is 3.22. The van der Waals surface area contributed by atoms with Gasteiger partial charge < -0.3 is 9.64 Å². The number of piperidine rings is 1. The molecule has 1 saturated heterocycles. The summed E-state index contributed by atoms with van der Waals surface area (Å²) in [5, 5.41) is 0. The molecule has 0 N–H and O–H groups in total. The minimum absolute atomic E-state index is 0.0120. The minimum atomic E-state index is 0.0120. The van der Waals surface area contributed by atoms with Gasteiger partial charge in [0, 0.05) is 13.1 Å². The fraction of sp³-hybridized carbons (Fsp3) is 0.533. The first-order chi connectivity index (χ1) is 8.84. The SMILES string of the molecule is O=C(C1COc2ccccc2C1)N1CCCCC1. The lowest BCUT2D eigenvalue weighted by molar-refractivity contribution is -0.137. The summed E-state index contributed by atoms with van der Waals surface area (Å²) in [4.78, 5) is 14.4. The average molecular weight is 245 g/mol. The Bertz CT molecular complexity index is 438. The van der Waals surface area contributed by atoms with E-state index in [1.807, 2.05) is 23.1 Å². The third kappa shape index (κ3) is 2.22. The van der Waals surface area contributed by atoms with Gasteiger partial charge in [0.1, 0.15) is 12.4 Å². The van der Waals surface area contributed by atoms with Gasteiger partial charge in [-0.25, -0.2) is 0 Å². The molecule has 1 fully saturated rings. The first kappa shape index (κ1) is 11.6. The molecule has 96 valence electrons. The maximum Gasteiger partial charge on any atom is 0.229 e. The fourth-order valence-electron chi connectivity index (χ4n) is 2.86. The number of ether oxygens (including phenoxy) is 1. The first-order valence-corrected chi connectivity index (χ1v) is 6.84. The highest BCUT2D eigenvalue weighted by atomic mass is 16.5. The van der Waals surface area contributed by atoms with Crippen LogP contribution < -0.4 is 4.74 Å². The highest BCUT2D eigenvalue weighted by Gasteiger charge is 2.29. The van der Waals surface area contributed by atoms with Gasteiger partial charge in [-0.15, -0.1) is 0 Å². The van der Waals surface area contributed by atoms with E-state index in [0.717, 1.165) is 38.1 Å². The molecule has 0 saturated carbocycles. The van der Waals surface area contributed by atoms with Crippen molar-refractivity contribution in [2.24, 2.45) is 5.92 Å². The third-order valence-corrected chi connectivity index (χ3v) is 3.90. The zero-order valence-corrected chi connectivity index (χ0v) is 10.6. The number of carbonyl (C=O) groups is 1. The van der Waals surface area contributed by atoms with E-state index in [1.165, 1.54) is 12.0 Å². The second-order valence-electron chi connectivity index (χ2n) is 5.21. The van der Waals surface area contributed by atoms with Crippen molar-refractivity contribution >= 4 is 5.91 Å². The second kappa shape index (κ2) is 5.01. The number of benzene rings is 1. The van der Waals surface area contributed by atoms with Crippen molar-refractivity contribution in [3.63, 3.8) is 0 Å². The standard InChI is InChI=1S/C15H19NO2/c17-15(16-8-4-1-5-9-16)13-10-12-6-2-3-7-14(12)18-11-13/h2-3,6-7,13H,1,4-5,8-11H2. The van der Waals surface area contributed by atoms with Gasteiger partial charge in [0.25, 0.3) is 0 Å². The topological polar surface area (TPSA) is 29.5 Å². The summed E-state index contributed by atoms with van der Waals surface area (Å²) in [5.41, 5.74) is 1.17. The molecule has 0 radical (unpaired) electrons. The fourth-order valence-corrected chi connectivity index (χ4v) is 2.86. The predicted molar refractivity (Wildman–Crippen MR) is 69.6 cm³/mol. The number of likely N-dealkylation sites (tertiary alicyclic amines) is 1. The number of rotatable bonds is 1. The van der Waals surface area contributed by atoms with Gasteiger partial charge in [-0.2, -0.15) is 0 Å². The summed E-state index contributed by atoms with van der Waals surface area (Å²) in [5.74, 6) is 1.24. The molecule has 1 unspecified atom stereocenters. The molecule has 1 aromatic rings. The van der Waals surface area contributed by atoms with Crippen LogP contribution in [-0.4, -0.2) is 30.5 Å². The monoisotopic (exact) mass is 245 g/mol. The molecule has 3 rings (SSSR count). The molecule has 1 atom stereocenters. The van der Waals surface area contributed by atoms with Gasteiger partial charge in [-0.3, -0.25) is 4.79 Å². The molecule has 1 amide bonds. The zero-order chi connectivity index (χ0) is 12.4. The molecule has 0 aromatic heterocycles. The molecule has 0 aliphatic carbocycles. The Hall–Kier alpha value is -1.51. The number of para-hydroxylation sites is 1. The van der Waals surface area contributed by atoms with E-state index in [4.69, 9.17) is 4.74 Å². The summed E-state index contributed by atoms with van der Waals surface area (Å²) < 4.78 is 5.70. The number of carbonyl (C=O) groups excluding carboxylic acids is 1. The second-order valence-corrected chi connectivity index (χ2v) is 5.21. The van der Waals surface area contributed by atoms with Crippen molar-refractivity contribution in [3.05, 3.63) is 29.8 Å². The number of hydrogen-bond donors (Lipinski definition) is 0. The van der Waals surface area contributed by atoms with Crippen molar-refractivity contribution in [3.8, 4) is 5.75 Å². The highest BCUT2D eigenvalue weighted by molar-refractivity contribution is 5.79. The Balaban J connectivity index is 1.69. The van der Waals surface area contributed by atoms with E-state index in [2.05, 4.69) is 6.07 Å². The molecular weight excluding hydrogens is 226 g/mol. The predicted octanol–water partition coefficient (Wildman–Crippen LogP) is 2.25. The Morgan fingerprint density at radius 3 is 2.78 bits per heavy atom. The smallest absolute Gasteiger partial charge is 0.229 e.